The molecule has 5 rings (SSSR count). The summed E-state index contributed by atoms with van der Waals surface area (Å²) in [4.78, 5) is 28.8. The van der Waals surface area contributed by atoms with E-state index in [1.807, 2.05) is 11.8 Å². The summed E-state index contributed by atoms with van der Waals surface area (Å²) in [5.74, 6) is -1.19. The van der Waals surface area contributed by atoms with Crippen LogP contribution in [0.5, 0.6) is 0 Å². The highest BCUT2D eigenvalue weighted by molar-refractivity contribution is 5.89. The third-order valence-corrected chi connectivity index (χ3v) is 7.85. The predicted octanol–water partition coefficient (Wildman–Crippen LogP) is 1.51. The van der Waals surface area contributed by atoms with Crippen molar-refractivity contribution < 1.29 is 14.3 Å². The molecule has 4 atom stereocenters. The highest BCUT2D eigenvalue weighted by Crippen LogP contribution is 2.44. The monoisotopic (exact) mass is 457 g/mol. The van der Waals surface area contributed by atoms with Gasteiger partial charge >= 0.3 is 5.97 Å². The van der Waals surface area contributed by atoms with Gasteiger partial charge in [0.05, 0.1) is 17.4 Å². The molecule has 0 bridgehead atoms. The number of carboxylic acids is 1. The lowest BCUT2D eigenvalue weighted by atomic mass is 10.0. The molecule has 4 heterocycles. The largest absolute Gasteiger partial charge is 0.477 e. The lowest BCUT2D eigenvalue weighted by Gasteiger charge is -2.27. The summed E-state index contributed by atoms with van der Waals surface area (Å²) < 4.78 is 16.7. The van der Waals surface area contributed by atoms with Gasteiger partial charge in [0.1, 0.15) is 5.56 Å². The van der Waals surface area contributed by atoms with E-state index in [2.05, 4.69) is 11.8 Å². The van der Waals surface area contributed by atoms with Crippen molar-refractivity contribution in [3.05, 3.63) is 45.1 Å². The van der Waals surface area contributed by atoms with Crippen LogP contribution in [0.25, 0.3) is 5.52 Å². The number of anilines is 1. The topological polar surface area (TPSA) is 117 Å². The van der Waals surface area contributed by atoms with Gasteiger partial charge < -0.3 is 21.5 Å². The Balaban J connectivity index is 1.56. The number of likely N-dealkylation sites (tertiary alicyclic amines) is 1. The maximum atomic E-state index is 15.5. The van der Waals surface area contributed by atoms with Crippen LogP contribution in [0.1, 0.15) is 53.6 Å². The number of hydrogen-bond donors (Lipinski definition) is 3. The lowest BCUT2D eigenvalue weighted by molar-refractivity contribution is 0.0694. The zero-order valence-corrected chi connectivity index (χ0v) is 19.1. The molecule has 8 nitrogen and oxygen atoms in total. The first kappa shape index (κ1) is 22.3. The number of aryl methyl sites for hydroxylation is 1. The molecule has 3 aliphatic rings. The van der Waals surface area contributed by atoms with Crippen LogP contribution in [0.2, 0.25) is 0 Å². The van der Waals surface area contributed by atoms with Crippen molar-refractivity contribution >= 4 is 17.2 Å². The van der Waals surface area contributed by atoms with Crippen molar-refractivity contribution in [1.82, 2.24) is 9.30 Å². The van der Waals surface area contributed by atoms with E-state index >= 15 is 4.39 Å². The fraction of sp³-hybridized carbons (Fsp3) is 0.583. The lowest BCUT2D eigenvalue weighted by Crippen LogP contribution is -2.46. The molecule has 2 saturated heterocycles. The fourth-order valence-electron chi connectivity index (χ4n) is 5.90. The van der Waals surface area contributed by atoms with Crippen LogP contribution >= 0.6 is 0 Å². The van der Waals surface area contributed by atoms with E-state index in [0.717, 1.165) is 44.1 Å². The number of pyridine rings is 2. The van der Waals surface area contributed by atoms with E-state index in [9.17, 15) is 14.7 Å². The van der Waals surface area contributed by atoms with Crippen molar-refractivity contribution in [2.45, 2.75) is 57.2 Å². The molecule has 2 aromatic heterocycles. The van der Waals surface area contributed by atoms with Crippen molar-refractivity contribution in [1.29, 1.82) is 0 Å². The molecule has 9 heteroatoms. The van der Waals surface area contributed by atoms with Gasteiger partial charge in [0, 0.05) is 44.3 Å². The minimum atomic E-state index is -1.29. The Kier molecular flexibility index (Phi) is 5.46. The second-order valence-electron chi connectivity index (χ2n) is 9.99. The molecule has 5 N–H and O–H groups in total. The SMILES string of the molecule is CC[C@@H]1CN(C2CN(c3c(F)cn4c(=O)c(C(=O)O)cc(C5CC5)c4c3C)CC2N)C[C@@H]1N. The van der Waals surface area contributed by atoms with Crippen molar-refractivity contribution in [3.8, 4) is 0 Å². The number of nitrogens with two attached hydrogens (primary N) is 2. The zero-order chi connectivity index (χ0) is 23.6. The number of halogens is 1. The smallest absolute Gasteiger partial charge is 0.341 e. The highest BCUT2D eigenvalue weighted by atomic mass is 19.1. The van der Waals surface area contributed by atoms with Crippen molar-refractivity contribution in [2.24, 2.45) is 17.4 Å². The molecule has 2 unspecified atom stereocenters. The van der Waals surface area contributed by atoms with Crippen LogP contribution in [0.3, 0.4) is 0 Å². The van der Waals surface area contributed by atoms with Gasteiger partial charge in [-0.25, -0.2) is 9.18 Å². The molecule has 1 aliphatic carbocycles. The van der Waals surface area contributed by atoms with Gasteiger partial charge in [0.25, 0.3) is 5.56 Å². The fourth-order valence-corrected chi connectivity index (χ4v) is 5.90. The second-order valence-corrected chi connectivity index (χ2v) is 9.99. The Hall–Kier alpha value is -2.49. The average Bonchev–Trinajstić information content (AvgIpc) is 3.44. The van der Waals surface area contributed by atoms with E-state index in [1.165, 1.54) is 10.5 Å². The maximum Gasteiger partial charge on any atom is 0.341 e. The number of rotatable bonds is 5. The molecular weight excluding hydrogens is 425 g/mol. The van der Waals surface area contributed by atoms with Crippen molar-refractivity contribution in [2.75, 3.05) is 31.1 Å². The molecule has 1 saturated carbocycles. The first-order valence-corrected chi connectivity index (χ1v) is 11.8. The van der Waals surface area contributed by atoms with Crippen LogP contribution in [-0.4, -0.2) is 64.7 Å². The minimum absolute atomic E-state index is 0.0853. The Bertz CT molecular complexity index is 1180. The molecular formula is C24H32FN5O3. The molecule has 0 amide bonds. The number of carbonyl (C=O) groups is 1. The molecule has 0 radical (unpaired) electrons. The Morgan fingerprint density at radius 1 is 1.18 bits per heavy atom. The number of carboxylic acid groups (broad SMARTS) is 1. The molecule has 2 aliphatic heterocycles. The van der Waals surface area contributed by atoms with Gasteiger partial charge in [-0.3, -0.25) is 14.1 Å². The number of fused-ring (bicyclic) bond motifs is 1. The third kappa shape index (κ3) is 3.62. The number of aromatic carboxylic acids is 1. The zero-order valence-electron chi connectivity index (χ0n) is 19.1. The number of hydrogen-bond acceptors (Lipinski definition) is 6. The highest BCUT2D eigenvalue weighted by Gasteiger charge is 2.41. The van der Waals surface area contributed by atoms with E-state index < -0.39 is 17.3 Å². The predicted molar refractivity (Wildman–Crippen MR) is 125 cm³/mol. The standard InChI is InChI=1S/C24H32FN5O3/c1-3-13-7-28(9-18(13)26)20-11-29(10-19(20)27)22-12(2)21-15(14-4-5-14)6-16(24(32)33)23(31)30(21)8-17(22)25/h6,8,13-14,18-20H,3-5,7,9-11,26-27H2,1-2H3,(H,32,33)/t13-,18+,19?,20?/m1/s1. The normalized spacial score (nSPS) is 28.2. The summed E-state index contributed by atoms with van der Waals surface area (Å²) in [6, 6.07) is 1.57. The summed E-state index contributed by atoms with van der Waals surface area (Å²) in [7, 11) is 0. The molecule has 33 heavy (non-hydrogen) atoms. The van der Waals surface area contributed by atoms with E-state index in [0.29, 0.717) is 35.8 Å². The number of aromatic nitrogens is 1. The summed E-state index contributed by atoms with van der Waals surface area (Å²) in [6.45, 7) is 6.77. The first-order valence-electron chi connectivity index (χ1n) is 11.8. The molecule has 2 aromatic rings. The maximum absolute atomic E-state index is 15.5. The summed E-state index contributed by atoms with van der Waals surface area (Å²) in [6.07, 6.45) is 4.04. The summed E-state index contributed by atoms with van der Waals surface area (Å²) in [5.41, 5.74) is 14.4. The summed E-state index contributed by atoms with van der Waals surface area (Å²) in [5, 5.41) is 9.49. The van der Waals surface area contributed by atoms with Gasteiger partial charge in [-0.2, -0.15) is 0 Å². The first-order chi connectivity index (χ1) is 15.7. The van der Waals surface area contributed by atoms with Gasteiger partial charge in [0.15, 0.2) is 5.82 Å². The molecule has 0 spiro atoms. The quantitative estimate of drug-likeness (QED) is 0.623. The van der Waals surface area contributed by atoms with Crippen molar-refractivity contribution in [3.63, 3.8) is 0 Å². The Morgan fingerprint density at radius 2 is 1.91 bits per heavy atom. The van der Waals surface area contributed by atoms with Crippen LogP contribution in [-0.2, 0) is 0 Å². The van der Waals surface area contributed by atoms with Crippen LogP contribution in [0.15, 0.2) is 17.1 Å². The number of nitrogens with zero attached hydrogens (tertiary/aromatic N) is 3. The summed E-state index contributed by atoms with van der Waals surface area (Å²) >= 11 is 0. The van der Waals surface area contributed by atoms with Gasteiger partial charge in [0.2, 0.25) is 0 Å². The van der Waals surface area contributed by atoms with Gasteiger partial charge in [-0.1, -0.05) is 13.3 Å². The third-order valence-electron chi connectivity index (χ3n) is 7.85. The molecule has 178 valence electrons. The van der Waals surface area contributed by atoms with Gasteiger partial charge in [-0.05, 0) is 48.8 Å². The molecule has 0 aromatic carbocycles. The van der Waals surface area contributed by atoms with E-state index in [1.54, 1.807) is 0 Å². The van der Waals surface area contributed by atoms with Gasteiger partial charge in [-0.15, -0.1) is 0 Å². The molecule has 3 fully saturated rings. The van der Waals surface area contributed by atoms with Crippen LogP contribution in [0, 0.1) is 18.7 Å². The van der Waals surface area contributed by atoms with Crippen LogP contribution in [0.4, 0.5) is 10.1 Å². The Morgan fingerprint density at radius 3 is 2.52 bits per heavy atom. The minimum Gasteiger partial charge on any atom is -0.477 e. The van der Waals surface area contributed by atoms with E-state index in [-0.39, 0.29) is 29.6 Å². The second kappa shape index (κ2) is 8.07. The average molecular weight is 458 g/mol. The Labute approximate surface area is 191 Å². The van der Waals surface area contributed by atoms with Crippen LogP contribution < -0.4 is 21.9 Å². The van der Waals surface area contributed by atoms with E-state index in [4.69, 9.17) is 11.5 Å².